The number of allylic oxidation sites excluding steroid dienone is 1. The van der Waals surface area contributed by atoms with Gasteiger partial charge in [0, 0.05) is 22.3 Å². The number of hydrogen-bond acceptors (Lipinski definition) is 5. The van der Waals surface area contributed by atoms with Crippen molar-refractivity contribution in [1.29, 1.82) is 0 Å². The van der Waals surface area contributed by atoms with Crippen molar-refractivity contribution in [2.24, 2.45) is 0 Å². The number of thioether (sulfide) groups is 1. The van der Waals surface area contributed by atoms with E-state index in [4.69, 9.17) is 32.7 Å². The number of ether oxygens (including phenoxy) is 2. The third-order valence-corrected chi connectivity index (χ3v) is 5.77. The zero-order chi connectivity index (χ0) is 20.8. The summed E-state index contributed by atoms with van der Waals surface area (Å²) in [4.78, 5) is 0. The van der Waals surface area contributed by atoms with Gasteiger partial charge in [-0.15, -0.1) is 16.8 Å². The van der Waals surface area contributed by atoms with E-state index >= 15 is 0 Å². The highest BCUT2D eigenvalue weighted by atomic mass is 35.5. The third-order valence-electron chi connectivity index (χ3n) is 4.17. The maximum atomic E-state index is 6.28. The second kappa shape index (κ2) is 10.1. The van der Waals surface area contributed by atoms with E-state index < -0.39 is 0 Å². The van der Waals surface area contributed by atoms with Crippen LogP contribution in [0.4, 0.5) is 0 Å². The van der Waals surface area contributed by atoms with Crippen molar-refractivity contribution in [2.75, 3.05) is 7.11 Å². The first-order valence-electron chi connectivity index (χ1n) is 8.94. The number of aromatic nitrogens is 3. The maximum absolute atomic E-state index is 6.28. The summed E-state index contributed by atoms with van der Waals surface area (Å²) in [6.45, 7) is 6.35. The first-order chi connectivity index (χ1) is 14.0. The lowest BCUT2D eigenvalue weighted by Crippen LogP contribution is -2.12. The molecule has 1 unspecified atom stereocenters. The highest BCUT2D eigenvalue weighted by Gasteiger charge is 2.20. The van der Waals surface area contributed by atoms with Crippen LogP contribution in [0.25, 0.3) is 0 Å². The van der Waals surface area contributed by atoms with E-state index in [1.165, 1.54) is 0 Å². The lowest BCUT2D eigenvalue weighted by molar-refractivity contribution is 0.201. The Labute approximate surface area is 184 Å². The van der Waals surface area contributed by atoms with Gasteiger partial charge in [0.25, 0.3) is 0 Å². The summed E-state index contributed by atoms with van der Waals surface area (Å²) in [5.74, 6) is 2.67. The smallest absolute Gasteiger partial charge is 0.191 e. The number of benzene rings is 2. The molecule has 152 valence electrons. The minimum atomic E-state index is -0.327. The Morgan fingerprint density at radius 1 is 1.17 bits per heavy atom. The van der Waals surface area contributed by atoms with E-state index in [0.717, 1.165) is 10.7 Å². The molecule has 0 N–H and O–H groups in total. The van der Waals surface area contributed by atoms with Crippen molar-refractivity contribution in [3.8, 4) is 11.5 Å². The molecule has 5 nitrogen and oxygen atoms in total. The molecular formula is C21H21Cl2N3O2S. The van der Waals surface area contributed by atoms with Gasteiger partial charge in [-0.25, -0.2) is 0 Å². The second-order valence-corrected chi connectivity index (χ2v) is 7.96. The van der Waals surface area contributed by atoms with Crippen molar-refractivity contribution in [2.45, 2.75) is 30.5 Å². The van der Waals surface area contributed by atoms with Crippen molar-refractivity contribution in [3.05, 3.63) is 76.6 Å². The number of para-hydroxylation sites is 2. The minimum absolute atomic E-state index is 0.327. The Morgan fingerprint density at radius 2 is 1.93 bits per heavy atom. The third kappa shape index (κ3) is 5.26. The SMILES string of the molecule is C=CCn1c(SCc2ccc(Cl)cc2Cl)nnc1C(C)Oc1ccccc1OC. The average molecular weight is 450 g/mol. The Balaban J connectivity index is 1.79. The molecule has 0 amide bonds. The van der Waals surface area contributed by atoms with E-state index in [0.29, 0.717) is 39.7 Å². The van der Waals surface area contributed by atoms with Gasteiger partial charge in [-0.05, 0) is 36.8 Å². The number of methoxy groups -OCH3 is 1. The zero-order valence-corrected chi connectivity index (χ0v) is 18.5. The Morgan fingerprint density at radius 3 is 2.62 bits per heavy atom. The minimum Gasteiger partial charge on any atom is -0.493 e. The Kier molecular flexibility index (Phi) is 7.47. The summed E-state index contributed by atoms with van der Waals surface area (Å²) in [5.41, 5.74) is 0.981. The first kappa shape index (κ1) is 21.6. The maximum Gasteiger partial charge on any atom is 0.191 e. The van der Waals surface area contributed by atoms with Crippen LogP contribution in [0.2, 0.25) is 10.0 Å². The van der Waals surface area contributed by atoms with Crippen LogP contribution < -0.4 is 9.47 Å². The fourth-order valence-corrected chi connectivity index (χ4v) is 4.26. The lowest BCUT2D eigenvalue weighted by Gasteiger charge is -2.17. The fraction of sp³-hybridized carbons (Fsp3) is 0.238. The van der Waals surface area contributed by atoms with Gasteiger partial charge in [-0.2, -0.15) is 0 Å². The quantitative estimate of drug-likeness (QED) is 0.287. The largest absolute Gasteiger partial charge is 0.493 e. The number of hydrogen-bond donors (Lipinski definition) is 0. The molecule has 3 rings (SSSR count). The van der Waals surface area contributed by atoms with Gasteiger partial charge in [0.15, 0.2) is 28.6 Å². The van der Waals surface area contributed by atoms with Gasteiger partial charge in [-0.3, -0.25) is 4.57 Å². The van der Waals surface area contributed by atoms with E-state index in [9.17, 15) is 0 Å². The van der Waals surface area contributed by atoms with E-state index in [1.807, 2.05) is 54.0 Å². The van der Waals surface area contributed by atoms with Crippen molar-refractivity contribution >= 4 is 35.0 Å². The molecule has 0 aliphatic heterocycles. The molecule has 0 radical (unpaired) electrons. The Bertz CT molecular complexity index is 994. The molecule has 3 aromatic rings. The van der Waals surface area contributed by atoms with Crippen LogP contribution in [0, 0.1) is 0 Å². The predicted molar refractivity (Wildman–Crippen MR) is 118 cm³/mol. The van der Waals surface area contributed by atoms with E-state index in [1.54, 1.807) is 24.9 Å². The van der Waals surface area contributed by atoms with Crippen LogP contribution in [0.1, 0.15) is 24.4 Å². The number of nitrogens with zero attached hydrogens (tertiary/aromatic N) is 3. The molecule has 29 heavy (non-hydrogen) atoms. The second-order valence-electron chi connectivity index (χ2n) is 6.18. The number of halogens is 2. The zero-order valence-electron chi connectivity index (χ0n) is 16.1. The molecule has 2 aromatic carbocycles. The standard InChI is InChI=1S/C21H21Cl2N3O2S/c1-4-11-26-20(14(2)28-19-8-6-5-7-18(19)27-3)24-25-21(26)29-13-15-9-10-16(22)12-17(15)23/h4-10,12,14H,1,11,13H2,2-3H3. The summed E-state index contributed by atoms with van der Waals surface area (Å²) >= 11 is 13.8. The van der Waals surface area contributed by atoms with Gasteiger partial charge >= 0.3 is 0 Å². The molecule has 8 heteroatoms. The van der Waals surface area contributed by atoms with Crippen molar-refractivity contribution in [1.82, 2.24) is 14.8 Å². The van der Waals surface area contributed by atoms with Crippen molar-refractivity contribution < 1.29 is 9.47 Å². The number of rotatable bonds is 9. The molecule has 0 saturated heterocycles. The molecule has 1 heterocycles. The Hall–Kier alpha value is -2.15. The summed E-state index contributed by atoms with van der Waals surface area (Å²) in [6.07, 6.45) is 1.48. The monoisotopic (exact) mass is 449 g/mol. The molecule has 1 aromatic heterocycles. The average Bonchev–Trinajstić information content (AvgIpc) is 3.11. The van der Waals surface area contributed by atoms with Gasteiger partial charge in [-0.1, -0.05) is 59.2 Å². The van der Waals surface area contributed by atoms with Crippen LogP contribution in [-0.2, 0) is 12.3 Å². The summed E-state index contributed by atoms with van der Waals surface area (Å²) in [7, 11) is 1.61. The van der Waals surface area contributed by atoms with Crippen LogP contribution in [0.3, 0.4) is 0 Å². The van der Waals surface area contributed by atoms with Gasteiger partial charge in [0.05, 0.1) is 7.11 Å². The van der Waals surface area contributed by atoms with E-state index in [2.05, 4.69) is 16.8 Å². The predicted octanol–water partition coefficient (Wildman–Crippen LogP) is 6.21. The topological polar surface area (TPSA) is 49.2 Å². The molecule has 0 aliphatic carbocycles. The highest BCUT2D eigenvalue weighted by molar-refractivity contribution is 7.98. The first-order valence-corrected chi connectivity index (χ1v) is 10.7. The molecule has 0 bridgehead atoms. The summed E-state index contributed by atoms with van der Waals surface area (Å²) < 4.78 is 13.4. The molecule has 0 aliphatic rings. The van der Waals surface area contributed by atoms with Crippen LogP contribution >= 0.6 is 35.0 Å². The van der Waals surface area contributed by atoms with Gasteiger partial charge in [0.2, 0.25) is 0 Å². The van der Waals surface area contributed by atoms with Crippen molar-refractivity contribution in [3.63, 3.8) is 0 Å². The van der Waals surface area contributed by atoms with Gasteiger partial charge in [0.1, 0.15) is 0 Å². The fourth-order valence-electron chi connectivity index (χ4n) is 2.75. The molecule has 1 atom stereocenters. The molecule has 0 spiro atoms. The van der Waals surface area contributed by atoms with Crippen LogP contribution in [0.5, 0.6) is 11.5 Å². The normalized spacial score (nSPS) is 11.9. The van der Waals surface area contributed by atoms with Gasteiger partial charge < -0.3 is 9.47 Å². The molecule has 0 saturated carbocycles. The summed E-state index contributed by atoms with van der Waals surface area (Å²) in [6, 6.07) is 13.0. The highest BCUT2D eigenvalue weighted by Crippen LogP contribution is 2.32. The van der Waals surface area contributed by atoms with Crippen LogP contribution in [0.15, 0.2) is 60.3 Å². The molecular weight excluding hydrogens is 429 g/mol. The van der Waals surface area contributed by atoms with Crippen LogP contribution in [-0.4, -0.2) is 21.9 Å². The van der Waals surface area contributed by atoms with E-state index in [-0.39, 0.29) is 6.10 Å². The molecule has 0 fully saturated rings. The lowest BCUT2D eigenvalue weighted by atomic mass is 10.2. The summed E-state index contributed by atoms with van der Waals surface area (Å²) in [5, 5.41) is 10.7.